The first-order chi connectivity index (χ1) is 8.59. The van der Waals surface area contributed by atoms with Crippen molar-refractivity contribution < 1.29 is 13.6 Å². The summed E-state index contributed by atoms with van der Waals surface area (Å²) >= 11 is 0. The molecule has 0 atom stereocenters. The minimum absolute atomic E-state index is 0.0938. The Morgan fingerprint density at radius 2 is 1.83 bits per heavy atom. The minimum Gasteiger partial charge on any atom is -0.294 e. The van der Waals surface area contributed by atoms with E-state index in [-0.39, 0.29) is 16.9 Å². The monoisotopic (exact) mass is 252 g/mol. The summed E-state index contributed by atoms with van der Waals surface area (Å²) in [7, 11) is 0. The number of aryl methyl sites for hydroxylation is 1. The quantitative estimate of drug-likeness (QED) is 0.727. The van der Waals surface area contributed by atoms with Gasteiger partial charge in [0.05, 0.1) is 5.56 Å². The lowest BCUT2D eigenvalue weighted by atomic mass is 9.84. The molecule has 1 saturated carbocycles. The van der Waals surface area contributed by atoms with Gasteiger partial charge in [-0.25, -0.2) is 8.78 Å². The fourth-order valence-corrected chi connectivity index (χ4v) is 2.62. The van der Waals surface area contributed by atoms with Crippen molar-refractivity contribution in [2.24, 2.45) is 5.92 Å². The van der Waals surface area contributed by atoms with Crippen molar-refractivity contribution in [1.29, 1.82) is 0 Å². The second kappa shape index (κ2) is 5.59. The summed E-state index contributed by atoms with van der Waals surface area (Å²) in [6, 6.07) is 2.87. The molecule has 0 saturated heterocycles. The topological polar surface area (TPSA) is 17.1 Å². The van der Waals surface area contributed by atoms with Crippen LogP contribution >= 0.6 is 0 Å². The average molecular weight is 252 g/mol. The van der Waals surface area contributed by atoms with Crippen LogP contribution in [-0.2, 0) is 0 Å². The predicted molar refractivity (Wildman–Crippen MR) is 66.6 cm³/mol. The molecular weight excluding hydrogens is 234 g/mol. The molecule has 0 N–H and O–H groups in total. The highest BCUT2D eigenvalue weighted by Gasteiger charge is 2.21. The maximum Gasteiger partial charge on any atom is 0.169 e. The minimum atomic E-state index is -0.990. The van der Waals surface area contributed by atoms with E-state index in [2.05, 4.69) is 0 Å². The SMILES string of the molecule is Cc1ccc(C(=O)CC2CCCCC2)c(F)c1F. The summed E-state index contributed by atoms with van der Waals surface area (Å²) in [6.45, 7) is 1.49. The zero-order valence-corrected chi connectivity index (χ0v) is 10.6. The highest BCUT2D eigenvalue weighted by molar-refractivity contribution is 5.96. The first-order valence-corrected chi connectivity index (χ1v) is 6.57. The van der Waals surface area contributed by atoms with Gasteiger partial charge in [-0.05, 0) is 24.5 Å². The number of Topliss-reactive ketones (excluding diaryl/α,β-unsaturated/α-hetero) is 1. The normalized spacial score (nSPS) is 16.8. The number of hydrogen-bond donors (Lipinski definition) is 0. The van der Waals surface area contributed by atoms with Crippen molar-refractivity contribution in [3.63, 3.8) is 0 Å². The lowest BCUT2D eigenvalue weighted by Gasteiger charge is -2.20. The third-order valence-electron chi connectivity index (χ3n) is 3.77. The van der Waals surface area contributed by atoms with Crippen LogP contribution in [0.4, 0.5) is 8.78 Å². The van der Waals surface area contributed by atoms with Gasteiger partial charge in [0.15, 0.2) is 17.4 Å². The van der Waals surface area contributed by atoms with Crippen molar-refractivity contribution in [2.75, 3.05) is 0 Å². The van der Waals surface area contributed by atoms with Gasteiger partial charge in [-0.1, -0.05) is 38.2 Å². The summed E-state index contributed by atoms with van der Waals surface area (Å²) in [5, 5.41) is 0. The van der Waals surface area contributed by atoms with Crippen LogP contribution in [0.5, 0.6) is 0 Å². The maximum absolute atomic E-state index is 13.7. The molecule has 1 nitrogen and oxygen atoms in total. The number of benzene rings is 1. The highest BCUT2D eigenvalue weighted by atomic mass is 19.2. The summed E-state index contributed by atoms with van der Waals surface area (Å²) in [4.78, 5) is 12.0. The van der Waals surface area contributed by atoms with E-state index in [1.807, 2.05) is 0 Å². The van der Waals surface area contributed by atoms with E-state index in [1.54, 1.807) is 0 Å². The summed E-state index contributed by atoms with van der Waals surface area (Å²) in [6.07, 6.45) is 5.91. The third kappa shape index (κ3) is 2.77. The van der Waals surface area contributed by atoms with E-state index in [0.717, 1.165) is 25.7 Å². The van der Waals surface area contributed by atoms with E-state index >= 15 is 0 Å². The van der Waals surface area contributed by atoms with E-state index in [9.17, 15) is 13.6 Å². The first-order valence-electron chi connectivity index (χ1n) is 6.57. The lowest BCUT2D eigenvalue weighted by Crippen LogP contribution is -2.14. The molecule has 1 aromatic rings. The van der Waals surface area contributed by atoms with Crippen LogP contribution in [0, 0.1) is 24.5 Å². The third-order valence-corrected chi connectivity index (χ3v) is 3.77. The van der Waals surface area contributed by atoms with Gasteiger partial charge in [0.1, 0.15) is 0 Å². The average Bonchev–Trinajstić information content (AvgIpc) is 2.37. The Morgan fingerprint density at radius 3 is 2.50 bits per heavy atom. The molecule has 0 amide bonds. The van der Waals surface area contributed by atoms with Crippen LogP contribution in [0.3, 0.4) is 0 Å². The van der Waals surface area contributed by atoms with Crippen molar-refractivity contribution in [3.05, 3.63) is 34.9 Å². The molecule has 0 heterocycles. The lowest BCUT2D eigenvalue weighted by molar-refractivity contribution is 0.0945. The van der Waals surface area contributed by atoms with Crippen LogP contribution in [0.25, 0.3) is 0 Å². The van der Waals surface area contributed by atoms with Gasteiger partial charge in [-0.2, -0.15) is 0 Å². The van der Waals surface area contributed by atoms with Crippen LogP contribution in [-0.4, -0.2) is 5.78 Å². The molecule has 0 unspecified atom stereocenters. The molecule has 18 heavy (non-hydrogen) atoms. The molecular formula is C15H18F2O. The highest BCUT2D eigenvalue weighted by Crippen LogP contribution is 2.28. The number of hydrogen-bond acceptors (Lipinski definition) is 1. The molecule has 3 heteroatoms. The zero-order chi connectivity index (χ0) is 13.1. The second-order valence-electron chi connectivity index (χ2n) is 5.19. The van der Waals surface area contributed by atoms with Gasteiger partial charge in [-0.3, -0.25) is 4.79 Å². The number of rotatable bonds is 3. The van der Waals surface area contributed by atoms with Crippen molar-refractivity contribution in [1.82, 2.24) is 0 Å². The largest absolute Gasteiger partial charge is 0.294 e. The molecule has 1 aliphatic rings. The molecule has 1 aromatic carbocycles. The zero-order valence-electron chi connectivity index (χ0n) is 10.6. The Balaban J connectivity index is 2.11. The Kier molecular flexibility index (Phi) is 4.10. The molecule has 0 aromatic heterocycles. The molecule has 0 aliphatic heterocycles. The van der Waals surface area contributed by atoms with E-state index < -0.39 is 11.6 Å². The number of carbonyl (C=O) groups is 1. The number of ketones is 1. The summed E-state index contributed by atoms with van der Waals surface area (Å²) < 4.78 is 27.1. The van der Waals surface area contributed by atoms with Crippen molar-refractivity contribution in [3.8, 4) is 0 Å². The molecule has 1 fully saturated rings. The predicted octanol–water partition coefficient (Wildman–Crippen LogP) is 4.43. The Labute approximate surface area is 106 Å². The van der Waals surface area contributed by atoms with Gasteiger partial charge in [0, 0.05) is 6.42 Å². The van der Waals surface area contributed by atoms with Gasteiger partial charge < -0.3 is 0 Å². The molecule has 0 bridgehead atoms. The van der Waals surface area contributed by atoms with Gasteiger partial charge in [0.2, 0.25) is 0 Å². The summed E-state index contributed by atoms with van der Waals surface area (Å²) in [5.74, 6) is -1.81. The molecule has 98 valence electrons. The number of halogens is 2. The van der Waals surface area contributed by atoms with Crippen molar-refractivity contribution in [2.45, 2.75) is 45.4 Å². The van der Waals surface area contributed by atoms with Crippen LogP contribution in [0.2, 0.25) is 0 Å². The Morgan fingerprint density at radius 1 is 1.17 bits per heavy atom. The van der Waals surface area contributed by atoms with Gasteiger partial charge in [0.25, 0.3) is 0 Å². The Bertz CT molecular complexity index is 448. The smallest absolute Gasteiger partial charge is 0.169 e. The number of carbonyl (C=O) groups excluding carboxylic acids is 1. The molecule has 0 radical (unpaired) electrons. The first kappa shape index (κ1) is 13.2. The van der Waals surface area contributed by atoms with E-state index in [0.29, 0.717) is 12.3 Å². The Hall–Kier alpha value is -1.25. The van der Waals surface area contributed by atoms with Crippen molar-refractivity contribution >= 4 is 5.78 Å². The van der Waals surface area contributed by atoms with Crippen LogP contribution in [0.15, 0.2) is 12.1 Å². The van der Waals surface area contributed by atoms with Gasteiger partial charge in [-0.15, -0.1) is 0 Å². The van der Waals surface area contributed by atoms with E-state index in [4.69, 9.17) is 0 Å². The fourth-order valence-electron chi connectivity index (χ4n) is 2.62. The van der Waals surface area contributed by atoms with Gasteiger partial charge >= 0.3 is 0 Å². The van der Waals surface area contributed by atoms with Crippen LogP contribution < -0.4 is 0 Å². The van der Waals surface area contributed by atoms with Crippen LogP contribution in [0.1, 0.15) is 54.4 Å². The standard InChI is InChI=1S/C15H18F2O/c1-10-7-8-12(15(17)14(10)16)13(18)9-11-5-3-2-4-6-11/h7-8,11H,2-6,9H2,1H3. The molecule has 1 aliphatic carbocycles. The maximum atomic E-state index is 13.7. The summed E-state index contributed by atoms with van der Waals surface area (Å²) in [5.41, 5.74) is 0.144. The fraction of sp³-hybridized carbons (Fsp3) is 0.533. The second-order valence-corrected chi connectivity index (χ2v) is 5.19. The molecule has 0 spiro atoms. The molecule has 2 rings (SSSR count). The van der Waals surface area contributed by atoms with E-state index in [1.165, 1.54) is 25.5 Å².